The maximum absolute atomic E-state index is 5.03. The second-order valence-electron chi connectivity index (χ2n) is 14.4. The summed E-state index contributed by atoms with van der Waals surface area (Å²) in [6.45, 7) is 0. The summed E-state index contributed by atoms with van der Waals surface area (Å²) in [5, 5.41) is 7.39. The Morgan fingerprint density at radius 3 is 1.47 bits per heavy atom. The second-order valence-corrected chi connectivity index (χ2v) is 14.4. The van der Waals surface area contributed by atoms with Gasteiger partial charge in [-0.25, -0.2) is 15.0 Å². The first-order valence-corrected chi connectivity index (χ1v) is 19.3. The van der Waals surface area contributed by atoms with Gasteiger partial charge in [-0.15, -0.1) is 0 Å². The molecule has 0 amide bonds. The average molecular weight is 727 g/mol. The normalized spacial score (nSPS) is 11.5. The summed E-state index contributed by atoms with van der Waals surface area (Å²) in [6.07, 6.45) is 0. The van der Waals surface area contributed by atoms with Crippen LogP contribution in [0, 0.1) is 0 Å². The largest absolute Gasteiger partial charge is 0.309 e. The van der Waals surface area contributed by atoms with Crippen LogP contribution in [0.4, 0.5) is 0 Å². The number of nitrogens with zero attached hydrogens (tertiary/aromatic N) is 4. The Bertz CT molecular complexity index is 3220. The number of rotatable bonds is 6. The molecule has 4 nitrogen and oxygen atoms in total. The standard InChI is InChI=1S/C53H34N4/c1-4-15-35(16-5-1)42-30-31-43(46-24-11-10-23-45(42)46)38-27-29-44-39(33-38)28-32-49-50(44)47-25-12-13-26-48(47)57(49)41-22-14-21-40(34-41)53-55-51(36-17-6-2-7-18-36)54-52(56-53)37-19-8-3-9-20-37/h1-34H. The predicted octanol–water partition coefficient (Wildman–Crippen LogP) is 13.6. The Morgan fingerprint density at radius 1 is 0.298 bits per heavy atom. The van der Waals surface area contributed by atoms with E-state index in [1.807, 2.05) is 60.7 Å². The van der Waals surface area contributed by atoms with Gasteiger partial charge in [0.2, 0.25) is 0 Å². The Hall–Kier alpha value is -7.69. The van der Waals surface area contributed by atoms with Gasteiger partial charge in [0.05, 0.1) is 11.0 Å². The van der Waals surface area contributed by atoms with Gasteiger partial charge in [-0.3, -0.25) is 0 Å². The first-order chi connectivity index (χ1) is 28.3. The number of benzene rings is 9. The lowest BCUT2D eigenvalue weighted by atomic mass is 9.91. The Kier molecular flexibility index (Phi) is 7.78. The topological polar surface area (TPSA) is 43.6 Å². The quantitative estimate of drug-likeness (QED) is 0.171. The third-order valence-corrected chi connectivity index (χ3v) is 11.0. The van der Waals surface area contributed by atoms with Crippen molar-refractivity contribution in [2.75, 3.05) is 0 Å². The molecule has 0 aliphatic carbocycles. The molecule has 0 aliphatic heterocycles. The summed E-state index contributed by atoms with van der Waals surface area (Å²) in [6, 6.07) is 72.9. The van der Waals surface area contributed by atoms with E-state index in [4.69, 9.17) is 15.0 Å². The molecule has 11 rings (SSSR count). The smallest absolute Gasteiger partial charge is 0.164 e. The highest BCUT2D eigenvalue weighted by atomic mass is 15.0. The lowest BCUT2D eigenvalue weighted by Crippen LogP contribution is -2.01. The summed E-state index contributed by atoms with van der Waals surface area (Å²) in [7, 11) is 0. The lowest BCUT2D eigenvalue weighted by Gasteiger charge is -2.13. The van der Waals surface area contributed by atoms with Crippen molar-refractivity contribution in [3.05, 3.63) is 206 Å². The van der Waals surface area contributed by atoms with E-state index in [0.717, 1.165) is 33.4 Å². The minimum Gasteiger partial charge on any atom is -0.309 e. The highest BCUT2D eigenvalue weighted by Gasteiger charge is 2.18. The summed E-state index contributed by atoms with van der Waals surface area (Å²) < 4.78 is 2.37. The molecule has 0 fully saturated rings. The zero-order valence-electron chi connectivity index (χ0n) is 30.9. The third-order valence-electron chi connectivity index (χ3n) is 11.0. The van der Waals surface area contributed by atoms with Crippen LogP contribution in [0.2, 0.25) is 0 Å². The van der Waals surface area contributed by atoms with E-state index in [-0.39, 0.29) is 0 Å². The fourth-order valence-corrected chi connectivity index (χ4v) is 8.39. The van der Waals surface area contributed by atoms with Crippen molar-refractivity contribution in [1.82, 2.24) is 19.5 Å². The van der Waals surface area contributed by atoms with Crippen LogP contribution >= 0.6 is 0 Å². The van der Waals surface area contributed by atoms with Crippen molar-refractivity contribution in [3.8, 4) is 62.1 Å². The van der Waals surface area contributed by atoms with Crippen molar-refractivity contribution >= 4 is 43.4 Å². The van der Waals surface area contributed by atoms with Gasteiger partial charge in [-0.1, -0.05) is 176 Å². The number of para-hydroxylation sites is 1. The first-order valence-electron chi connectivity index (χ1n) is 19.3. The fraction of sp³-hybridized carbons (Fsp3) is 0. The van der Waals surface area contributed by atoms with E-state index in [1.54, 1.807) is 0 Å². The van der Waals surface area contributed by atoms with E-state index < -0.39 is 0 Å². The molecule has 9 aromatic carbocycles. The van der Waals surface area contributed by atoms with Gasteiger partial charge in [-0.2, -0.15) is 0 Å². The molecule has 0 atom stereocenters. The highest BCUT2D eigenvalue weighted by Crippen LogP contribution is 2.41. The molecule has 0 spiro atoms. The first kappa shape index (κ1) is 32.7. The van der Waals surface area contributed by atoms with Crippen molar-refractivity contribution in [3.63, 3.8) is 0 Å². The van der Waals surface area contributed by atoms with E-state index in [9.17, 15) is 0 Å². The average Bonchev–Trinajstić information content (AvgIpc) is 3.64. The highest BCUT2D eigenvalue weighted by molar-refractivity contribution is 6.22. The monoisotopic (exact) mass is 726 g/mol. The van der Waals surface area contributed by atoms with Crippen LogP contribution in [-0.2, 0) is 0 Å². The van der Waals surface area contributed by atoms with Gasteiger partial charge in [0.15, 0.2) is 17.5 Å². The molecule has 0 bridgehead atoms. The molecule has 57 heavy (non-hydrogen) atoms. The Morgan fingerprint density at radius 2 is 0.825 bits per heavy atom. The number of hydrogen-bond donors (Lipinski definition) is 0. The van der Waals surface area contributed by atoms with E-state index in [0.29, 0.717) is 17.5 Å². The molecule has 0 unspecified atom stereocenters. The van der Waals surface area contributed by atoms with Gasteiger partial charge in [-0.05, 0) is 74.1 Å². The van der Waals surface area contributed by atoms with Gasteiger partial charge in [0.25, 0.3) is 0 Å². The molecular formula is C53H34N4. The van der Waals surface area contributed by atoms with Crippen LogP contribution in [0.1, 0.15) is 0 Å². The van der Waals surface area contributed by atoms with E-state index in [1.165, 1.54) is 54.6 Å². The third kappa shape index (κ3) is 5.66. The van der Waals surface area contributed by atoms with Crippen LogP contribution in [0.25, 0.3) is 105 Å². The SMILES string of the molecule is c1ccc(-c2nc(-c3ccccc3)nc(-c3cccc(-n4c5ccccc5c5c6ccc(-c7ccc(-c8ccccc8)c8ccccc78)cc6ccc54)c3)n2)cc1. The van der Waals surface area contributed by atoms with Crippen LogP contribution in [0.15, 0.2) is 206 Å². The van der Waals surface area contributed by atoms with Crippen molar-refractivity contribution < 1.29 is 0 Å². The lowest BCUT2D eigenvalue weighted by molar-refractivity contribution is 1.07. The van der Waals surface area contributed by atoms with E-state index in [2.05, 4.69) is 150 Å². The van der Waals surface area contributed by atoms with Crippen LogP contribution in [-0.4, -0.2) is 19.5 Å². The zero-order valence-corrected chi connectivity index (χ0v) is 30.9. The molecule has 266 valence electrons. The zero-order chi connectivity index (χ0) is 37.7. The molecule has 2 heterocycles. The number of hydrogen-bond acceptors (Lipinski definition) is 3. The maximum atomic E-state index is 5.03. The fourth-order valence-electron chi connectivity index (χ4n) is 8.39. The Balaban J connectivity index is 1.05. The Labute approximate surface area is 330 Å². The summed E-state index contributed by atoms with van der Waals surface area (Å²) in [5.74, 6) is 1.92. The summed E-state index contributed by atoms with van der Waals surface area (Å²) in [5.41, 5.74) is 11.1. The number of fused-ring (bicyclic) bond motifs is 6. The maximum Gasteiger partial charge on any atom is 0.164 e. The summed E-state index contributed by atoms with van der Waals surface area (Å²) in [4.78, 5) is 15.0. The van der Waals surface area contributed by atoms with Gasteiger partial charge in [0.1, 0.15) is 0 Å². The molecule has 0 saturated carbocycles. The molecule has 11 aromatic rings. The van der Waals surface area contributed by atoms with Crippen molar-refractivity contribution in [2.24, 2.45) is 0 Å². The molecular weight excluding hydrogens is 693 g/mol. The second kappa shape index (κ2) is 13.6. The minimum absolute atomic E-state index is 0.632. The molecule has 0 N–H and O–H groups in total. The van der Waals surface area contributed by atoms with Crippen LogP contribution in [0.5, 0.6) is 0 Å². The van der Waals surface area contributed by atoms with E-state index >= 15 is 0 Å². The molecule has 0 saturated heterocycles. The molecule has 0 aliphatic rings. The van der Waals surface area contributed by atoms with Crippen LogP contribution < -0.4 is 0 Å². The van der Waals surface area contributed by atoms with Crippen molar-refractivity contribution in [1.29, 1.82) is 0 Å². The molecule has 4 heteroatoms. The van der Waals surface area contributed by atoms with Gasteiger partial charge < -0.3 is 4.57 Å². The molecule has 0 radical (unpaired) electrons. The van der Waals surface area contributed by atoms with Crippen LogP contribution in [0.3, 0.4) is 0 Å². The number of aromatic nitrogens is 4. The minimum atomic E-state index is 0.632. The predicted molar refractivity (Wildman–Crippen MR) is 236 cm³/mol. The molecule has 2 aromatic heterocycles. The van der Waals surface area contributed by atoms with Crippen molar-refractivity contribution in [2.45, 2.75) is 0 Å². The summed E-state index contributed by atoms with van der Waals surface area (Å²) >= 11 is 0. The van der Waals surface area contributed by atoms with Gasteiger partial charge in [0, 0.05) is 33.2 Å². The van der Waals surface area contributed by atoms with Gasteiger partial charge >= 0.3 is 0 Å².